The highest BCUT2D eigenvalue weighted by atomic mass is 16.5. The van der Waals surface area contributed by atoms with E-state index in [1.54, 1.807) is 7.11 Å². The molecule has 3 fully saturated rings. The lowest BCUT2D eigenvalue weighted by molar-refractivity contribution is -0.136. The molecule has 7 nitrogen and oxygen atoms in total. The smallest absolute Gasteiger partial charge is 0.251 e. The Labute approximate surface area is 186 Å². The summed E-state index contributed by atoms with van der Waals surface area (Å²) in [5.74, 6) is 2.10. The molecule has 0 aromatic carbocycles. The molecule has 1 aliphatic heterocycles. The van der Waals surface area contributed by atoms with Crippen molar-refractivity contribution < 1.29 is 14.3 Å². The molecular weight excluding hydrogens is 392 g/mol. The molecule has 2 aliphatic carbocycles. The highest BCUT2D eigenvalue weighted by Gasteiger charge is 2.32. The van der Waals surface area contributed by atoms with Crippen molar-refractivity contribution in [3.05, 3.63) is 0 Å². The Kier molecular flexibility index (Phi) is 9.58. The van der Waals surface area contributed by atoms with Gasteiger partial charge >= 0.3 is 0 Å². The fourth-order valence-corrected chi connectivity index (χ4v) is 5.57. The van der Waals surface area contributed by atoms with Crippen LogP contribution >= 0.6 is 0 Å². The van der Waals surface area contributed by atoms with E-state index in [1.807, 2.05) is 0 Å². The maximum atomic E-state index is 12.7. The Morgan fingerprint density at radius 2 is 1.77 bits per heavy atom. The van der Waals surface area contributed by atoms with E-state index in [9.17, 15) is 10.1 Å². The van der Waals surface area contributed by atoms with E-state index in [2.05, 4.69) is 22.8 Å². The van der Waals surface area contributed by atoms with Gasteiger partial charge in [0.25, 0.3) is 5.91 Å². The molecular formula is C24H38N4O3. The lowest BCUT2D eigenvalue weighted by Gasteiger charge is -2.37. The molecule has 172 valence electrons. The van der Waals surface area contributed by atoms with Crippen molar-refractivity contribution in [3.63, 3.8) is 0 Å². The molecule has 2 N–H and O–H groups in total. The highest BCUT2D eigenvalue weighted by molar-refractivity contribution is 5.81. The van der Waals surface area contributed by atoms with Crippen molar-refractivity contribution >= 4 is 5.91 Å². The van der Waals surface area contributed by atoms with Gasteiger partial charge < -0.3 is 20.1 Å². The summed E-state index contributed by atoms with van der Waals surface area (Å²) < 4.78 is 11.1. The molecule has 2 saturated carbocycles. The monoisotopic (exact) mass is 430 g/mol. The maximum Gasteiger partial charge on any atom is 0.251 e. The zero-order valence-electron chi connectivity index (χ0n) is 18.9. The van der Waals surface area contributed by atoms with Crippen molar-refractivity contribution in [2.75, 3.05) is 26.8 Å². The summed E-state index contributed by atoms with van der Waals surface area (Å²) in [5, 5.41) is 24.9. The molecule has 3 unspecified atom stereocenters. The van der Waals surface area contributed by atoms with E-state index in [4.69, 9.17) is 14.7 Å². The molecule has 1 heterocycles. The quantitative estimate of drug-likeness (QED) is 0.671. The van der Waals surface area contributed by atoms with Gasteiger partial charge in [-0.1, -0.05) is 12.8 Å². The number of carbonyl (C=O) groups is 1. The van der Waals surface area contributed by atoms with Crippen LogP contribution in [0.4, 0.5) is 0 Å². The van der Waals surface area contributed by atoms with Crippen LogP contribution in [0.5, 0.6) is 0 Å². The second kappa shape index (κ2) is 12.4. The second-order valence-corrected chi connectivity index (χ2v) is 9.62. The van der Waals surface area contributed by atoms with E-state index < -0.39 is 12.1 Å². The third-order valence-electron chi connectivity index (χ3n) is 7.64. The Morgan fingerprint density at radius 3 is 2.39 bits per heavy atom. The lowest BCUT2D eigenvalue weighted by Crippen LogP contribution is -2.49. The molecule has 7 heteroatoms. The molecule has 1 amide bonds. The summed E-state index contributed by atoms with van der Waals surface area (Å²) in [5.41, 5.74) is 0. The van der Waals surface area contributed by atoms with E-state index >= 15 is 0 Å². The standard InChI is InChI=1S/C24H38N4O3/c1-30-22-10-11-27-15-23(31-16-22)24(29)28-21(14-26)12-17-2-6-19(7-3-17)20-8-4-18(13-25)5-9-20/h17-23,27H,2-12,15-16H2,1H3,(H,28,29). The van der Waals surface area contributed by atoms with Crippen LogP contribution < -0.4 is 10.6 Å². The molecule has 3 aliphatic rings. The fourth-order valence-electron chi connectivity index (χ4n) is 5.57. The largest absolute Gasteiger partial charge is 0.379 e. The molecule has 31 heavy (non-hydrogen) atoms. The summed E-state index contributed by atoms with van der Waals surface area (Å²) in [7, 11) is 1.66. The number of hydrogen-bond acceptors (Lipinski definition) is 6. The first kappa shape index (κ1) is 24.0. The summed E-state index contributed by atoms with van der Waals surface area (Å²) in [6.45, 7) is 1.64. The summed E-state index contributed by atoms with van der Waals surface area (Å²) in [6, 6.07) is 4.25. The number of amides is 1. The zero-order valence-corrected chi connectivity index (χ0v) is 18.9. The summed E-state index contributed by atoms with van der Waals surface area (Å²) >= 11 is 0. The van der Waals surface area contributed by atoms with Crippen LogP contribution in [0.1, 0.15) is 64.2 Å². The van der Waals surface area contributed by atoms with Gasteiger partial charge in [-0.2, -0.15) is 10.5 Å². The SMILES string of the molecule is COC1CCNCC(C(=O)NC(C#N)CC2CCC(C3CCC(C#N)CC3)CC2)OC1. The van der Waals surface area contributed by atoms with Crippen molar-refractivity contribution in [3.8, 4) is 12.1 Å². The van der Waals surface area contributed by atoms with Crippen LogP contribution in [0.25, 0.3) is 0 Å². The number of nitrogens with one attached hydrogen (secondary N) is 2. The molecule has 0 bridgehead atoms. The minimum Gasteiger partial charge on any atom is -0.379 e. The first-order chi connectivity index (χ1) is 15.1. The third-order valence-corrected chi connectivity index (χ3v) is 7.64. The number of rotatable bonds is 6. The predicted octanol–water partition coefficient (Wildman–Crippen LogP) is 2.91. The molecule has 0 aromatic rings. The molecule has 1 saturated heterocycles. The Hall–Kier alpha value is -1.67. The van der Waals surface area contributed by atoms with Crippen LogP contribution in [-0.4, -0.2) is 51.0 Å². The normalized spacial score (nSPS) is 35.6. The Bertz CT molecular complexity index is 642. The number of nitrogens with zero attached hydrogens (tertiary/aromatic N) is 2. The van der Waals surface area contributed by atoms with Gasteiger partial charge in [0.1, 0.15) is 12.1 Å². The Morgan fingerprint density at radius 1 is 1.10 bits per heavy atom. The fraction of sp³-hybridized carbons (Fsp3) is 0.875. The molecule has 3 rings (SSSR count). The van der Waals surface area contributed by atoms with Crippen LogP contribution in [-0.2, 0) is 14.3 Å². The van der Waals surface area contributed by atoms with Crippen molar-refractivity contribution in [2.45, 2.75) is 82.5 Å². The van der Waals surface area contributed by atoms with Gasteiger partial charge in [-0.15, -0.1) is 0 Å². The summed E-state index contributed by atoms with van der Waals surface area (Å²) in [6.07, 6.45) is 10.2. The third kappa shape index (κ3) is 7.17. The molecule has 0 radical (unpaired) electrons. The van der Waals surface area contributed by atoms with Gasteiger partial charge in [0.05, 0.1) is 24.8 Å². The van der Waals surface area contributed by atoms with Crippen molar-refractivity contribution in [2.24, 2.45) is 23.7 Å². The average Bonchev–Trinajstić information content (AvgIpc) is 2.79. The van der Waals surface area contributed by atoms with Crippen LogP contribution in [0.3, 0.4) is 0 Å². The van der Waals surface area contributed by atoms with Gasteiger partial charge in [0, 0.05) is 19.6 Å². The number of ether oxygens (including phenoxy) is 2. The number of methoxy groups -OCH3 is 1. The summed E-state index contributed by atoms with van der Waals surface area (Å²) in [4.78, 5) is 12.7. The minimum absolute atomic E-state index is 0.0139. The number of hydrogen-bond donors (Lipinski definition) is 2. The van der Waals surface area contributed by atoms with Gasteiger partial charge in [-0.05, 0) is 75.7 Å². The Balaban J connectivity index is 1.40. The number of nitriles is 2. The van der Waals surface area contributed by atoms with Crippen LogP contribution in [0, 0.1) is 46.3 Å². The predicted molar refractivity (Wildman–Crippen MR) is 117 cm³/mol. The first-order valence-corrected chi connectivity index (χ1v) is 12.1. The highest BCUT2D eigenvalue weighted by Crippen LogP contribution is 2.42. The number of carbonyl (C=O) groups excluding carboxylic acids is 1. The van der Waals surface area contributed by atoms with Gasteiger partial charge in [-0.25, -0.2) is 0 Å². The lowest BCUT2D eigenvalue weighted by atomic mass is 9.69. The first-order valence-electron chi connectivity index (χ1n) is 12.1. The van der Waals surface area contributed by atoms with Gasteiger partial charge in [0.2, 0.25) is 0 Å². The van der Waals surface area contributed by atoms with Crippen LogP contribution in [0.2, 0.25) is 0 Å². The van der Waals surface area contributed by atoms with E-state index in [0.29, 0.717) is 19.1 Å². The van der Waals surface area contributed by atoms with Crippen LogP contribution in [0.15, 0.2) is 0 Å². The minimum atomic E-state index is -0.590. The van der Waals surface area contributed by atoms with Crippen molar-refractivity contribution in [1.29, 1.82) is 10.5 Å². The molecule has 0 aromatic heterocycles. The second-order valence-electron chi connectivity index (χ2n) is 9.62. The average molecular weight is 431 g/mol. The van der Waals surface area contributed by atoms with Gasteiger partial charge in [-0.3, -0.25) is 4.79 Å². The van der Waals surface area contributed by atoms with Crippen molar-refractivity contribution in [1.82, 2.24) is 10.6 Å². The van der Waals surface area contributed by atoms with E-state index in [-0.39, 0.29) is 17.9 Å². The van der Waals surface area contributed by atoms with E-state index in [1.165, 1.54) is 25.7 Å². The zero-order chi connectivity index (χ0) is 22.1. The molecule has 0 spiro atoms. The van der Waals surface area contributed by atoms with Gasteiger partial charge in [0.15, 0.2) is 0 Å². The maximum absolute atomic E-state index is 12.7. The van der Waals surface area contributed by atoms with E-state index in [0.717, 1.165) is 56.9 Å². The topological polar surface area (TPSA) is 107 Å². The molecule has 3 atom stereocenters.